The minimum Gasteiger partial charge on any atom is -0.467 e. The molecule has 28 heavy (non-hydrogen) atoms. The van der Waals surface area contributed by atoms with Gasteiger partial charge in [-0.25, -0.2) is 4.79 Å². The van der Waals surface area contributed by atoms with Crippen molar-refractivity contribution >= 4 is 17.8 Å². The van der Waals surface area contributed by atoms with Crippen molar-refractivity contribution in [3.8, 4) is 0 Å². The number of ether oxygens (including phenoxy) is 1. The van der Waals surface area contributed by atoms with Crippen LogP contribution in [0.5, 0.6) is 0 Å². The summed E-state index contributed by atoms with van der Waals surface area (Å²) in [7, 11) is 0. The van der Waals surface area contributed by atoms with E-state index < -0.39 is 30.4 Å². The van der Waals surface area contributed by atoms with E-state index in [-0.39, 0.29) is 0 Å². The third kappa shape index (κ3) is 4.11. The highest BCUT2D eigenvalue weighted by Crippen LogP contribution is 2.20. The van der Waals surface area contributed by atoms with Crippen molar-refractivity contribution in [2.75, 3.05) is 13.2 Å². The number of carbonyl (C=O) groups is 3. The van der Waals surface area contributed by atoms with Crippen LogP contribution in [0.15, 0.2) is 28.9 Å². The smallest absolute Gasteiger partial charge is 0.340 e. The molecule has 8 heteroatoms. The number of likely N-dealkylation sites (tertiary alicyclic amines) is 1. The molecular weight excluding hydrogens is 362 g/mol. The highest BCUT2D eigenvalue weighted by molar-refractivity contribution is 5.93. The molecule has 1 atom stereocenters. The Bertz CT molecular complexity index is 869. The van der Waals surface area contributed by atoms with E-state index in [1.165, 1.54) is 4.90 Å². The van der Waals surface area contributed by atoms with E-state index in [1.54, 1.807) is 12.3 Å². The number of rotatable bonds is 6. The molecule has 8 nitrogen and oxygen atoms in total. The van der Waals surface area contributed by atoms with Gasteiger partial charge in [-0.3, -0.25) is 9.59 Å². The number of aryl methyl sites for hydroxylation is 1. The summed E-state index contributed by atoms with van der Waals surface area (Å²) in [5.41, 5.74) is 7.41. The average Bonchev–Trinajstić information content (AvgIpc) is 3.29. The third-order valence-electron chi connectivity index (χ3n) is 5.17. The Labute approximate surface area is 163 Å². The van der Waals surface area contributed by atoms with E-state index in [2.05, 4.69) is 0 Å². The topological polar surface area (TPSA) is 108 Å². The van der Waals surface area contributed by atoms with Gasteiger partial charge in [-0.05, 0) is 51.3 Å². The number of furan rings is 1. The molecule has 0 unspecified atom stereocenters. The number of hydrogen-bond donors (Lipinski definition) is 1. The Balaban J connectivity index is 1.65. The van der Waals surface area contributed by atoms with Gasteiger partial charge in [0, 0.05) is 17.9 Å². The van der Waals surface area contributed by atoms with Crippen LogP contribution in [0.3, 0.4) is 0 Å². The van der Waals surface area contributed by atoms with Crippen LogP contribution in [0.2, 0.25) is 0 Å². The van der Waals surface area contributed by atoms with Crippen molar-refractivity contribution < 1.29 is 23.5 Å². The maximum atomic E-state index is 12.5. The maximum Gasteiger partial charge on any atom is 0.340 e. The maximum absolute atomic E-state index is 12.5. The quantitative estimate of drug-likeness (QED) is 0.760. The van der Waals surface area contributed by atoms with Gasteiger partial charge in [0.05, 0.1) is 18.4 Å². The summed E-state index contributed by atoms with van der Waals surface area (Å²) in [5, 5.41) is 0. The lowest BCUT2D eigenvalue weighted by Gasteiger charge is -2.33. The first-order valence-corrected chi connectivity index (χ1v) is 9.33. The number of esters is 1. The summed E-state index contributed by atoms with van der Waals surface area (Å²) >= 11 is 0. The lowest BCUT2D eigenvalue weighted by Crippen LogP contribution is -2.51. The molecule has 3 heterocycles. The zero-order valence-corrected chi connectivity index (χ0v) is 16.1. The van der Waals surface area contributed by atoms with Gasteiger partial charge in [0.1, 0.15) is 11.8 Å². The zero-order valence-electron chi connectivity index (χ0n) is 16.1. The first kappa shape index (κ1) is 19.7. The van der Waals surface area contributed by atoms with Crippen LogP contribution >= 0.6 is 0 Å². The summed E-state index contributed by atoms with van der Waals surface area (Å²) in [6, 6.07) is 4.78. The van der Waals surface area contributed by atoms with Gasteiger partial charge < -0.3 is 24.4 Å². The van der Waals surface area contributed by atoms with Gasteiger partial charge in [0.15, 0.2) is 6.61 Å². The van der Waals surface area contributed by atoms with E-state index in [9.17, 15) is 14.4 Å². The summed E-state index contributed by atoms with van der Waals surface area (Å²) in [4.78, 5) is 37.9. The van der Waals surface area contributed by atoms with Crippen LogP contribution in [0, 0.1) is 13.8 Å². The molecule has 1 aliphatic heterocycles. The SMILES string of the molecule is Cc1cc(C(=O)OCC(=O)N2CCCC[C@@H]2C(N)=O)c(C)n1Cc1ccco1. The monoisotopic (exact) mass is 387 g/mol. The first-order valence-electron chi connectivity index (χ1n) is 9.33. The van der Waals surface area contributed by atoms with Crippen molar-refractivity contribution in [2.45, 2.75) is 45.7 Å². The Hall–Kier alpha value is -3.03. The Kier molecular flexibility index (Phi) is 5.87. The molecule has 1 saturated heterocycles. The normalized spacial score (nSPS) is 16.8. The van der Waals surface area contributed by atoms with Crippen LogP contribution in [0.1, 0.15) is 46.8 Å². The number of amides is 2. The second-order valence-electron chi connectivity index (χ2n) is 7.03. The van der Waals surface area contributed by atoms with Crippen LogP contribution in [-0.2, 0) is 20.9 Å². The van der Waals surface area contributed by atoms with Crippen molar-refractivity contribution in [1.29, 1.82) is 0 Å². The molecule has 1 aliphatic rings. The molecule has 2 N–H and O–H groups in total. The highest BCUT2D eigenvalue weighted by atomic mass is 16.5. The third-order valence-corrected chi connectivity index (χ3v) is 5.17. The molecule has 1 fully saturated rings. The Morgan fingerprint density at radius 1 is 1.29 bits per heavy atom. The molecule has 150 valence electrons. The van der Waals surface area contributed by atoms with Crippen LogP contribution in [0.25, 0.3) is 0 Å². The fraction of sp³-hybridized carbons (Fsp3) is 0.450. The van der Waals surface area contributed by atoms with E-state index >= 15 is 0 Å². The van der Waals surface area contributed by atoms with Crippen LogP contribution < -0.4 is 5.73 Å². The lowest BCUT2D eigenvalue weighted by molar-refractivity contribution is -0.143. The number of piperidine rings is 1. The second kappa shape index (κ2) is 8.33. The summed E-state index contributed by atoms with van der Waals surface area (Å²) in [6.45, 7) is 4.25. The van der Waals surface area contributed by atoms with Crippen molar-refractivity contribution in [2.24, 2.45) is 5.73 Å². The molecule has 2 aromatic heterocycles. The number of hydrogen-bond acceptors (Lipinski definition) is 5. The number of aromatic nitrogens is 1. The van der Waals surface area contributed by atoms with Crippen LogP contribution in [-0.4, -0.2) is 46.4 Å². The second-order valence-corrected chi connectivity index (χ2v) is 7.03. The van der Waals surface area contributed by atoms with E-state index in [0.29, 0.717) is 25.1 Å². The predicted octanol–water partition coefficient (Wildman–Crippen LogP) is 1.77. The number of carbonyl (C=O) groups excluding carboxylic acids is 3. The Morgan fingerprint density at radius 3 is 2.75 bits per heavy atom. The van der Waals surface area contributed by atoms with Gasteiger partial charge in [0.25, 0.3) is 5.91 Å². The summed E-state index contributed by atoms with van der Waals surface area (Å²) in [5.74, 6) is -0.721. The fourth-order valence-corrected chi connectivity index (χ4v) is 3.62. The fourth-order valence-electron chi connectivity index (χ4n) is 3.62. The molecule has 0 saturated carbocycles. The van der Waals surface area contributed by atoms with Gasteiger partial charge >= 0.3 is 5.97 Å². The van der Waals surface area contributed by atoms with Crippen molar-refractivity contribution in [1.82, 2.24) is 9.47 Å². The van der Waals surface area contributed by atoms with E-state index in [1.807, 2.05) is 30.5 Å². The van der Waals surface area contributed by atoms with E-state index in [4.69, 9.17) is 14.9 Å². The van der Waals surface area contributed by atoms with Gasteiger partial charge in [-0.15, -0.1) is 0 Å². The van der Waals surface area contributed by atoms with Crippen molar-refractivity contribution in [3.05, 3.63) is 47.2 Å². The predicted molar refractivity (Wildman–Crippen MR) is 101 cm³/mol. The van der Waals surface area contributed by atoms with E-state index in [0.717, 1.165) is 30.0 Å². The number of nitrogens with zero attached hydrogens (tertiary/aromatic N) is 2. The molecule has 0 aromatic carbocycles. The molecule has 0 spiro atoms. The van der Waals surface area contributed by atoms with Crippen LogP contribution in [0.4, 0.5) is 0 Å². The number of nitrogens with two attached hydrogens (primary N) is 1. The molecule has 2 aromatic rings. The lowest BCUT2D eigenvalue weighted by atomic mass is 10.0. The average molecular weight is 387 g/mol. The molecule has 2 amide bonds. The highest BCUT2D eigenvalue weighted by Gasteiger charge is 2.31. The van der Waals surface area contributed by atoms with Gasteiger partial charge in [-0.2, -0.15) is 0 Å². The molecule has 0 radical (unpaired) electrons. The molecular formula is C20H25N3O5. The minimum atomic E-state index is -0.627. The first-order chi connectivity index (χ1) is 13.4. The summed E-state index contributed by atoms with van der Waals surface area (Å²) < 4.78 is 12.6. The Morgan fingerprint density at radius 2 is 2.07 bits per heavy atom. The molecule has 0 aliphatic carbocycles. The zero-order chi connectivity index (χ0) is 20.3. The standard InChI is InChI=1S/C20H25N3O5/c1-13-10-16(14(2)23(13)11-15-6-5-9-27-15)20(26)28-12-18(24)22-8-4-3-7-17(22)19(21)25/h5-6,9-10,17H,3-4,7-8,11-12H2,1-2H3,(H2,21,25)/t17-/m1/s1. The largest absolute Gasteiger partial charge is 0.467 e. The van der Waals surface area contributed by atoms with Gasteiger partial charge in [0.2, 0.25) is 5.91 Å². The van der Waals surface area contributed by atoms with Crippen molar-refractivity contribution in [3.63, 3.8) is 0 Å². The van der Waals surface area contributed by atoms with Gasteiger partial charge in [-0.1, -0.05) is 0 Å². The minimum absolute atomic E-state index is 0.402. The summed E-state index contributed by atoms with van der Waals surface area (Å²) in [6.07, 6.45) is 3.80. The number of primary amides is 1. The molecule has 0 bridgehead atoms. The molecule has 3 rings (SSSR count).